The van der Waals surface area contributed by atoms with E-state index in [2.05, 4.69) is 27.3 Å². The summed E-state index contributed by atoms with van der Waals surface area (Å²) in [5, 5.41) is 18.0. The van der Waals surface area contributed by atoms with Crippen molar-refractivity contribution in [2.24, 2.45) is 5.92 Å². The summed E-state index contributed by atoms with van der Waals surface area (Å²) in [6, 6.07) is 13.9. The Morgan fingerprint density at radius 3 is 2.61 bits per heavy atom. The summed E-state index contributed by atoms with van der Waals surface area (Å²) in [7, 11) is 0. The standard InChI is InChI=1S/C25H28N6O2/c1-17-22-18(2)31(20-7-4-3-5-8-20)29-23(22)24(28-27-17)30-14-11-19(12-15-30)25(32)26-13-10-21-9-6-16-33-21/h3-9,16,19H,10-15H2,1-2H3,(H,26,32). The smallest absolute Gasteiger partial charge is 0.223 e. The largest absolute Gasteiger partial charge is 0.469 e. The molecule has 1 N–H and O–H groups in total. The Balaban J connectivity index is 1.29. The maximum atomic E-state index is 12.6. The molecule has 0 spiro atoms. The van der Waals surface area contributed by atoms with E-state index < -0.39 is 0 Å². The van der Waals surface area contributed by atoms with Gasteiger partial charge in [-0.25, -0.2) is 4.68 Å². The number of benzene rings is 1. The van der Waals surface area contributed by atoms with Crippen LogP contribution < -0.4 is 10.2 Å². The molecular weight excluding hydrogens is 416 g/mol. The molecule has 4 aromatic rings. The zero-order valence-corrected chi connectivity index (χ0v) is 19.0. The van der Waals surface area contributed by atoms with Crippen LogP contribution in [0.3, 0.4) is 0 Å². The normalized spacial score (nSPS) is 14.7. The summed E-state index contributed by atoms with van der Waals surface area (Å²) >= 11 is 0. The zero-order chi connectivity index (χ0) is 22.8. The van der Waals surface area contributed by atoms with Crippen LogP contribution >= 0.6 is 0 Å². The number of carbonyl (C=O) groups is 1. The monoisotopic (exact) mass is 444 g/mol. The lowest BCUT2D eigenvalue weighted by atomic mass is 9.95. The van der Waals surface area contributed by atoms with Crippen LogP contribution in [0.5, 0.6) is 0 Å². The minimum Gasteiger partial charge on any atom is -0.469 e. The lowest BCUT2D eigenvalue weighted by Crippen LogP contribution is -2.41. The van der Waals surface area contributed by atoms with Gasteiger partial charge in [0.25, 0.3) is 0 Å². The van der Waals surface area contributed by atoms with Gasteiger partial charge in [-0.15, -0.1) is 5.10 Å². The molecule has 33 heavy (non-hydrogen) atoms. The van der Waals surface area contributed by atoms with Crippen molar-refractivity contribution in [2.45, 2.75) is 33.1 Å². The summed E-state index contributed by atoms with van der Waals surface area (Å²) in [6.07, 6.45) is 3.92. The Morgan fingerprint density at radius 1 is 1.09 bits per heavy atom. The molecule has 1 aromatic carbocycles. The zero-order valence-electron chi connectivity index (χ0n) is 19.0. The number of nitrogens with zero attached hydrogens (tertiary/aromatic N) is 5. The number of para-hydroxylation sites is 1. The summed E-state index contributed by atoms with van der Waals surface area (Å²) in [5.41, 5.74) is 3.81. The van der Waals surface area contributed by atoms with Gasteiger partial charge in [0.1, 0.15) is 11.3 Å². The number of furan rings is 1. The van der Waals surface area contributed by atoms with E-state index in [4.69, 9.17) is 9.52 Å². The number of hydrogen-bond acceptors (Lipinski definition) is 6. The average Bonchev–Trinajstić information content (AvgIpc) is 3.48. The van der Waals surface area contributed by atoms with Gasteiger partial charge < -0.3 is 14.6 Å². The highest BCUT2D eigenvalue weighted by atomic mass is 16.3. The Kier molecular flexibility index (Phi) is 5.81. The first-order valence-corrected chi connectivity index (χ1v) is 11.4. The van der Waals surface area contributed by atoms with Crippen molar-refractivity contribution in [1.29, 1.82) is 0 Å². The summed E-state index contributed by atoms with van der Waals surface area (Å²) < 4.78 is 7.29. The molecule has 0 atom stereocenters. The van der Waals surface area contributed by atoms with Crippen molar-refractivity contribution >= 4 is 22.6 Å². The second-order valence-electron chi connectivity index (χ2n) is 8.55. The predicted molar refractivity (Wildman–Crippen MR) is 126 cm³/mol. The molecule has 0 radical (unpaired) electrons. The third-order valence-electron chi connectivity index (χ3n) is 6.40. The van der Waals surface area contributed by atoms with Crippen molar-refractivity contribution in [3.05, 3.63) is 65.9 Å². The Bertz CT molecular complexity index is 1240. The van der Waals surface area contributed by atoms with Gasteiger partial charge in [0.2, 0.25) is 5.91 Å². The molecule has 8 nitrogen and oxygen atoms in total. The molecule has 5 rings (SSSR count). The van der Waals surface area contributed by atoms with E-state index in [0.717, 1.165) is 65.5 Å². The number of hydrogen-bond donors (Lipinski definition) is 1. The highest BCUT2D eigenvalue weighted by molar-refractivity contribution is 5.92. The molecule has 0 saturated carbocycles. The van der Waals surface area contributed by atoms with E-state index in [9.17, 15) is 4.79 Å². The molecule has 1 aliphatic rings. The van der Waals surface area contributed by atoms with Crippen LogP contribution in [-0.4, -0.2) is 45.5 Å². The van der Waals surface area contributed by atoms with Crippen LogP contribution in [0.2, 0.25) is 0 Å². The lowest BCUT2D eigenvalue weighted by molar-refractivity contribution is -0.125. The number of amides is 1. The maximum absolute atomic E-state index is 12.6. The number of nitrogens with one attached hydrogen (secondary N) is 1. The molecule has 1 saturated heterocycles. The van der Waals surface area contributed by atoms with Crippen LogP contribution in [0.1, 0.15) is 30.0 Å². The van der Waals surface area contributed by atoms with E-state index in [1.807, 2.05) is 54.1 Å². The molecule has 0 bridgehead atoms. The number of aromatic nitrogens is 4. The Hall–Kier alpha value is -3.68. The van der Waals surface area contributed by atoms with Crippen LogP contribution in [0.4, 0.5) is 5.82 Å². The maximum Gasteiger partial charge on any atom is 0.223 e. The molecule has 170 valence electrons. The first-order chi connectivity index (χ1) is 16.1. The van der Waals surface area contributed by atoms with E-state index in [0.29, 0.717) is 13.0 Å². The summed E-state index contributed by atoms with van der Waals surface area (Å²) in [4.78, 5) is 14.8. The predicted octanol–water partition coefficient (Wildman–Crippen LogP) is 3.60. The lowest BCUT2D eigenvalue weighted by Gasteiger charge is -2.32. The van der Waals surface area contributed by atoms with E-state index in [1.165, 1.54) is 0 Å². The van der Waals surface area contributed by atoms with Gasteiger partial charge in [0.15, 0.2) is 5.82 Å². The molecule has 1 fully saturated rings. The highest BCUT2D eigenvalue weighted by Crippen LogP contribution is 2.31. The van der Waals surface area contributed by atoms with Gasteiger partial charge >= 0.3 is 0 Å². The second-order valence-corrected chi connectivity index (χ2v) is 8.55. The van der Waals surface area contributed by atoms with Crippen molar-refractivity contribution in [3.63, 3.8) is 0 Å². The van der Waals surface area contributed by atoms with Crippen molar-refractivity contribution in [3.8, 4) is 5.69 Å². The van der Waals surface area contributed by atoms with Crippen molar-refractivity contribution in [1.82, 2.24) is 25.3 Å². The number of fused-ring (bicyclic) bond motifs is 1. The van der Waals surface area contributed by atoms with E-state index in [1.54, 1.807) is 6.26 Å². The third-order valence-corrected chi connectivity index (χ3v) is 6.40. The number of piperidine rings is 1. The fraction of sp³-hybridized carbons (Fsp3) is 0.360. The molecule has 4 heterocycles. The quantitative estimate of drug-likeness (QED) is 0.489. The van der Waals surface area contributed by atoms with Gasteiger partial charge in [-0.2, -0.15) is 10.2 Å². The first-order valence-electron chi connectivity index (χ1n) is 11.4. The van der Waals surface area contributed by atoms with Crippen LogP contribution in [0.15, 0.2) is 53.1 Å². The molecule has 0 unspecified atom stereocenters. The SMILES string of the molecule is Cc1nnc(N2CCC(C(=O)NCCc3ccco3)CC2)c2nn(-c3ccccc3)c(C)c12. The highest BCUT2D eigenvalue weighted by Gasteiger charge is 2.28. The number of aryl methyl sites for hydroxylation is 2. The fourth-order valence-corrected chi connectivity index (χ4v) is 4.61. The molecule has 1 aliphatic heterocycles. The van der Waals surface area contributed by atoms with Gasteiger partial charge in [-0.1, -0.05) is 18.2 Å². The van der Waals surface area contributed by atoms with Gasteiger partial charge in [-0.3, -0.25) is 4.79 Å². The van der Waals surface area contributed by atoms with Crippen molar-refractivity contribution in [2.75, 3.05) is 24.5 Å². The van der Waals surface area contributed by atoms with Crippen molar-refractivity contribution < 1.29 is 9.21 Å². The minimum atomic E-state index is 0.00959. The van der Waals surface area contributed by atoms with E-state index in [-0.39, 0.29) is 11.8 Å². The molecule has 1 amide bonds. The van der Waals surface area contributed by atoms with E-state index >= 15 is 0 Å². The van der Waals surface area contributed by atoms with Gasteiger partial charge in [0, 0.05) is 32.0 Å². The Labute approximate surface area is 192 Å². The molecule has 8 heteroatoms. The van der Waals surface area contributed by atoms with Crippen LogP contribution in [-0.2, 0) is 11.2 Å². The number of rotatable bonds is 6. The molecular formula is C25H28N6O2. The number of anilines is 1. The third kappa shape index (κ3) is 4.20. The molecule has 0 aliphatic carbocycles. The minimum absolute atomic E-state index is 0.00959. The first kappa shape index (κ1) is 21.2. The summed E-state index contributed by atoms with van der Waals surface area (Å²) in [6.45, 7) is 6.13. The average molecular weight is 445 g/mol. The fourth-order valence-electron chi connectivity index (χ4n) is 4.61. The number of carbonyl (C=O) groups excluding carboxylic acids is 1. The van der Waals surface area contributed by atoms with Crippen LogP contribution in [0.25, 0.3) is 16.6 Å². The van der Waals surface area contributed by atoms with Gasteiger partial charge in [-0.05, 0) is 51.0 Å². The second kappa shape index (κ2) is 9.05. The van der Waals surface area contributed by atoms with Gasteiger partial charge in [0.05, 0.1) is 28.7 Å². The van der Waals surface area contributed by atoms with Crippen LogP contribution in [0, 0.1) is 19.8 Å². The summed E-state index contributed by atoms with van der Waals surface area (Å²) in [5.74, 6) is 1.81. The Morgan fingerprint density at radius 2 is 1.88 bits per heavy atom. The topological polar surface area (TPSA) is 89.1 Å². The molecule has 3 aromatic heterocycles.